The van der Waals surface area contributed by atoms with E-state index in [9.17, 15) is 4.39 Å². The normalized spacial score (nSPS) is 19.6. The minimum atomic E-state index is -0.245. The van der Waals surface area contributed by atoms with Gasteiger partial charge in [0, 0.05) is 12.5 Å². The number of benzene rings is 1. The van der Waals surface area contributed by atoms with Crippen LogP contribution < -0.4 is 10.1 Å². The third kappa shape index (κ3) is 3.08. The van der Waals surface area contributed by atoms with Gasteiger partial charge in [-0.25, -0.2) is 9.37 Å². The maximum Gasteiger partial charge on any atom is 0.235 e. The summed E-state index contributed by atoms with van der Waals surface area (Å²) in [5.41, 5.74) is 0.859. The van der Waals surface area contributed by atoms with Crippen LogP contribution in [0.1, 0.15) is 30.9 Å². The average Bonchev–Trinajstić information content (AvgIpc) is 3.19. The zero-order valence-corrected chi connectivity index (χ0v) is 12.0. The van der Waals surface area contributed by atoms with Crippen LogP contribution >= 0.6 is 0 Å². The molecule has 4 nitrogen and oxygen atoms in total. The van der Waals surface area contributed by atoms with E-state index in [0.29, 0.717) is 24.0 Å². The maximum absolute atomic E-state index is 13.3. The molecule has 0 bridgehead atoms. The minimum Gasteiger partial charge on any atom is -0.480 e. The summed E-state index contributed by atoms with van der Waals surface area (Å²) in [4.78, 5) is 4.24. The Balaban J connectivity index is 1.87. The highest BCUT2D eigenvalue weighted by Crippen LogP contribution is 2.33. The molecule has 1 aliphatic rings. The highest BCUT2D eigenvalue weighted by molar-refractivity contribution is 5.34. The SMILES string of the molecule is CCc1cc(F)ccc1O[C@H](c1ncco1)[C@@H]1CCNC1. The second-order valence-electron chi connectivity index (χ2n) is 5.27. The lowest BCUT2D eigenvalue weighted by Gasteiger charge is -2.23. The van der Waals surface area contributed by atoms with E-state index in [1.165, 1.54) is 12.1 Å². The van der Waals surface area contributed by atoms with Crippen LogP contribution in [0.2, 0.25) is 0 Å². The van der Waals surface area contributed by atoms with Gasteiger partial charge in [0.2, 0.25) is 5.89 Å². The van der Waals surface area contributed by atoms with E-state index in [1.807, 2.05) is 6.92 Å². The fraction of sp³-hybridized carbons (Fsp3) is 0.438. The number of oxazole rings is 1. The molecule has 21 heavy (non-hydrogen) atoms. The smallest absolute Gasteiger partial charge is 0.235 e. The van der Waals surface area contributed by atoms with Gasteiger partial charge < -0.3 is 14.5 Å². The largest absolute Gasteiger partial charge is 0.480 e. The Kier molecular flexibility index (Phi) is 4.20. The van der Waals surface area contributed by atoms with Gasteiger partial charge in [-0.1, -0.05) is 6.92 Å². The van der Waals surface area contributed by atoms with Crippen LogP contribution in [0.25, 0.3) is 0 Å². The van der Waals surface area contributed by atoms with Gasteiger partial charge >= 0.3 is 0 Å². The van der Waals surface area contributed by atoms with Crippen molar-refractivity contribution in [2.45, 2.75) is 25.9 Å². The van der Waals surface area contributed by atoms with Crippen molar-refractivity contribution in [3.05, 3.63) is 47.9 Å². The molecular weight excluding hydrogens is 271 g/mol. The fourth-order valence-corrected chi connectivity index (χ4v) is 2.73. The Morgan fingerprint density at radius 3 is 3.10 bits per heavy atom. The van der Waals surface area contributed by atoms with Crippen LogP contribution in [0.4, 0.5) is 4.39 Å². The monoisotopic (exact) mass is 290 g/mol. The van der Waals surface area contributed by atoms with Crippen molar-refractivity contribution in [2.24, 2.45) is 5.92 Å². The van der Waals surface area contributed by atoms with Crippen molar-refractivity contribution in [2.75, 3.05) is 13.1 Å². The summed E-state index contributed by atoms with van der Waals surface area (Å²) in [5, 5.41) is 3.33. The van der Waals surface area contributed by atoms with Crippen LogP contribution in [0.15, 0.2) is 35.1 Å². The molecule has 0 spiro atoms. The summed E-state index contributed by atoms with van der Waals surface area (Å²) < 4.78 is 24.9. The summed E-state index contributed by atoms with van der Waals surface area (Å²) in [6.45, 7) is 3.82. The first-order chi connectivity index (χ1) is 10.3. The van der Waals surface area contributed by atoms with Crippen molar-refractivity contribution in [3.63, 3.8) is 0 Å². The Morgan fingerprint density at radius 2 is 2.43 bits per heavy atom. The first kappa shape index (κ1) is 14.1. The van der Waals surface area contributed by atoms with Crippen molar-refractivity contribution < 1.29 is 13.5 Å². The van der Waals surface area contributed by atoms with Crippen LogP contribution in [0, 0.1) is 11.7 Å². The Labute approximate surface area is 123 Å². The summed E-state index contributed by atoms with van der Waals surface area (Å²) in [6.07, 6.45) is 4.66. The number of aromatic nitrogens is 1. The molecule has 2 atom stereocenters. The molecule has 1 aliphatic heterocycles. The summed E-state index contributed by atoms with van der Waals surface area (Å²) in [6, 6.07) is 4.63. The van der Waals surface area contributed by atoms with Crippen LogP contribution in [-0.4, -0.2) is 18.1 Å². The molecule has 0 radical (unpaired) electrons. The highest BCUT2D eigenvalue weighted by Gasteiger charge is 2.31. The number of hydrogen-bond acceptors (Lipinski definition) is 4. The Morgan fingerprint density at radius 1 is 1.52 bits per heavy atom. The molecule has 5 heteroatoms. The minimum absolute atomic E-state index is 0.241. The Hall–Kier alpha value is -1.88. The zero-order chi connectivity index (χ0) is 14.7. The van der Waals surface area contributed by atoms with Gasteiger partial charge in [0.25, 0.3) is 0 Å². The van der Waals surface area contributed by atoms with Gasteiger partial charge in [0.1, 0.15) is 17.8 Å². The third-order valence-electron chi connectivity index (χ3n) is 3.88. The second kappa shape index (κ2) is 6.26. The maximum atomic E-state index is 13.3. The quantitative estimate of drug-likeness (QED) is 0.919. The first-order valence-electron chi connectivity index (χ1n) is 7.33. The lowest BCUT2D eigenvalue weighted by molar-refractivity contribution is 0.113. The van der Waals surface area contributed by atoms with Crippen molar-refractivity contribution >= 4 is 0 Å². The second-order valence-corrected chi connectivity index (χ2v) is 5.27. The molecule has 1 aromatic carbocycles. The average molecular weight is 290 g/mol. The van der Waals surface area contributed by atoms with E-state index in [2.05, 4.69) is 10.3 Å². The van der Waals surface area contributed by atoms with Gasteiger partial charge in [0.15, 0.2) is 6.10 Å². The molecule has 1 aromatic heterocycles. The van der Waals surface area contributed by atoms with Gasteiger partial charge in [0.05, 0.1) is 6.20 Å². The molecule has 2 heterocycles. The topological polar surface area (TPSA) is 47.3 Å². The van der Waals surface area contributed by atoms with Gasteiger partial charge in [-0.3, -0.25) is 0 Å². The van der Waals surface area contributed by atoms with Gasteiger partial charge in [-0.15, -0.1) is 0 Å². The molecule has 0 aliphatic carbocycles. The molecule has 1 N–H and O–H groups in total. The predicted octanol–water partition coefficient (Wildman–Crippen LogP) is 3.11. The lowest BCUT2D eigenvalue weighted by atomic mass is 10.0. The van der Waals surface area contributed by atoms with Crippen molar-refractivity contribution in [1.29, 1.82) is 0 Å². The van der Waals surface area contributed by atoms with Crippen LogP contribution in [0.3, 0.4) is 0 Å². The molecular formula is C16H19FN2O2. The van der Waals surface area contributed by atoms with E-state index < -0.39 is 0 Å². The fourth-order valence-electron chi connectivity index (χ4n) is 2.73. The molecule has 112 valence electrons. The van der Waals surface area contributed by atoms with Gasteiger partial charge in [-0.2, -0.15) is 0 Å². The van der Waals surface area contributed by atoms with Crippen LogP contribution in [0.5, 0.6) is 5.75 Å². The van der Waals surface area contributed by atoms with Crippen molar-refractivity contribution in [3.8, 4) is 5.75 Å². The summed E-state index contributed by atoms with van der Waals surface area (Å²) >= 11 is 0. The van der Waals surface area contributed by atoms with Crippen LogP contribution in [-0.2, 0) is 6.42 Å². The summed E-state index contributed by atoms with van der Waals surface area (Å²) in [7, 11) is 0. The first-order valence-corrected chi connectivity index (χ1v) is 7.33. The van der Waals surface area contributed by atoms with Crippen molar-refractivity contribution in [1.82, 2.24) is 10.3 Å². The van der Waals surface area contributed by atoms with E-state index in [-0.39, 0.29) is 11.9 Å². The number of nitrogens with zero attached hydrogens (tertiary/aromatic N) is 1. The molecule has 2 aromatic rings. The third-order valence-corrected chi connectivity index (χ3v) is 3.88. The molecule has 0 saturated carbocycles. The molecule has 3 rings (SSSR count). The number of hydrogen-bond donors (Lipinski definition) is 1. The van der Waals surface area contributed by atoms with E-state index in [1.54, 1.807) is 18.5 Å². The number of aryl methyl sites for hydroxylation is 1. The Bertz CT molecular complexity index is 580. The number of ether oxygens (including phenoxy) is 1. The molecule has 1 saturated heterocycles. The molecule has 1 fully saturated rings. The highest BCUT2D eigenvalue weighted by atomic mass is 19.1. The van der Waals surface area contributed by atoms with E-state index in [4.69, 9.17) is 9.15 Å². The standard InChI is InChI=1S/C16H19FN2O2/c1-2-11-9-13(17)3-4-14(11)21-15(12-5-6-18-10-12)16-19-7-8-20-16/h3-4,7-9,12,15,18H,2,5-6,10H2,1H3/t12-,15+/m1/s1. The zero-order valence-electron chi connectivity index (χ0n) is 12.0. The van der Waals surface area contributed by atoms with Gasteiger partial charge in [-0.05, 0) is 43.1 Å². The molecule has 0 amide bonds. The summed E-state index contributed by atoms with van der Waals surface area (Å²) in [5.74, 6) is 1.34. The predicted molar refractivity (Wildman–Crippen MR) is 76.6 cm³/mol. The van der Waals surface area contributed by atoms with E-state index in [0.717, 1.165) is 25.1 Å². The molecule has 0 unspecified atom stereocenters. The number of rotatable bonds is 5. The number of nitrogens with one attached hydrogen (secondary N) is 1. The lowest BCUT2D eigenvalue weighted by Crippen LogP contribution is -2.22. The van der Waals surface area contributed by atoms with E-state index >= 15 is 0 Å². The number of halogens is 1.